The fraction of sp³-hybridized carbons (Fsp3) is 0.500. The first-order valence-electron chi connectivity index (χ1n) is 8.34. The van der Waals surface area contributed by atoms with Crippen LogP contribution in [0.15, 0.2) is 23.0 Å². The topological polar surface area (TPSA) is 64.0 Å². The number of fused-ring (bicyclic) bond motifs is 1. The fourth-order valence-corrected chi connectivity index (χ4v) is 3.31. The number of nitrogens with one attached hydrogen (secondary N) is 1. The van der Waals surface area contributed by atoms with Crippen LogP contribution < -0.4 is 10.9 Å². The number of aryl methyl sites for hydroxylation is 2. The minimum absolute atomic E-state index is 0.0490. The van der Waals surface area contributed by atoms with E-state index in [2.05, 4.69) is 10.3 Å². The standard InChI is InChI=1S/C18H23N3O2/c1-12-18(23)21(2)16-10-9-13(11-15(16)19-12)17(22)20-14-7-5-3-4-6-8-14/h9-11,14H,3-8H2,1-2H3,(H,20,22). The van der Waals surface area contributed by atoms with Crippen molar-refractivity contribution in [3.8, 4) is 0 Å². The highest BCUT2D eigenvalue weighted by Gasteiger charge is 2.16. The van der Waals surface area contributed by atoms with Crippen LogP contribution in [-0.2, 0) is 7.05 Å². The molecule has 1 amide bonds. The highest BCUT2D eigenvalue weighted by Crippen LogP contribution is 2.18. The first-order valence-corrected chi connectivity index (χ1v) is 8.34. The molecule has 1 aliphatic carbocycles. The van der Waals surface area contributed by atoms with Gasteiger partial charge in [-0.3, -0.25) is 9.59 Å². The molecule has 0 unspecified atom stereocenters. The second-order valence-electron chi connectivity index (χ2n) is 6.43. The van der Waals surface area contributed by atoms with Gasteiger partial charge in [0, 0.05) is 18.7 Å². The normalized spacial score (nSPS) is 16.3. The highest BCUT2D eigenvalue weighted by molar-refractivity contribution is 5.97. The minimum Gasteiger partial charge on any atom is -0.349 e. The third-order valence-corrected chi connectivity index (χ3v) is 4.69. The third-order valence-electron chi connectivity index (χ3n) is 4.69. The average Bonchev–Trinajstić information content (AvgIpc) is 2.81. The molecule has 1 aromatic carbocycles. The van der Waals surface area contributed by atoms with Gasteiger partial charge in [-0.25, -0.2) is 4.98 Å². The molecule has 0 atom stereocenters. The molecule has 1 N–H and O–H groups in total. The number of carbonyl (C=O) groups is 1. The van der Waals surface area contributed by atoms with Gasteiger partial charge in [-0.15, -0.1) is 0 Å². The monoisotopic (exact) mass is 313 g/mol. The van der Waals surface area contributed by atoms with Crippen LogP contribution in [0.4, 0.5) is 0 Å². The van der Waals surface area contributed by atoms with Crippen molar-refractivity contribution in [2.24, 2.45) is 7.05 Å². The summed E-state index contributed by atoms with van der Waals surface area (Å²) in [6.45, 7) is 1.69. The van der Waals surface area contributed by atoms with Gasteiger partial charge in [0.05, 0.1) is 11.0 Å². The van der Waals surface area contributed by atoms with Gasteiger partial charge in [-0.05, 0) is 38.0 Å². The lowest BCUT2D eigenvalue weighted by Gasteiger charge is -2.16. The highest BCUT2D eigenvalue weighted by atomic mass is 16.1. The van der Waals surface area contributed by atoms with Crippen LogP contribution in [0.2, 0.25) is 0 Å². The minimum atomic E-state index is -0.104. The first-order chi connectivity index (χ1) is 11.1. The second kappa shape index (κ2) is 6.52. The summed E-state index contributed by atoms with van der Waals surface area (Å²) in [5, 5.41) is 3.15. The van der Waals surface area contributed by atoms with Crippen LogP contribution in [0.5, 0.6) is 0 Å². The molecule has 1 fully saturated rings. The van der Waals surface area contributed by atoms with Crippen molar-refractivity contribution in [3.05, 3.63) is 39.8 Å². The summed E-state index contributed by atoms with van der Waals surface area (Å²) in [5.41, 5.74) is 2.37. The Labute approximate surface area is 135 Å². The number of hydrogen-bond acceptors (Lipinski definition) is 3. The Balaban J connectivity index is 1.86. The van der Waals surface area contributed by atoms with Gasteiger partial charge in [0.15, 0.2) is 0 Å². The predicted molar refractivity (Wildman–Crippen MR) is 90.7 cm³/mol. The molecule has 1 heterocycles. The number of nitrogens with zero attached hydrogens (tertiary/aromatic N) is 2. The lowest BCUT2D eigenvalue weighted by atomic mass is 10.1. The molecule has 5 heteroatoms. The molecule has 0 bridgehead atoms. The Morgan fingerprint density at radius 3 is 2.61 bits per heavy atom. The second-order valence-corrected chi connectivity index (χ2v) is 6.43. The Kier molecular flexibility index (Phi) is 4.46. The van der Waals surface area contributed by atoms with Crippen LogP contribution >= 0.6 is 0 Å². The zero-order chi connectivity index (χ0) is 16.4. The lowest BCUT2D eigenvalue weighted by Crippen LogP contribution is -2.34. The zero-order valence-electron chi connectivity index (χ0n) is 13.8. The third kappa shape index (κ3) is 3.28. The summed E-state index contributed by atoms with van der Waals surface area (Å²) in [4.78, 5) is 28.7. The van der Waals surface area contributed by atoms with Crippen molar-refractivity contribution in [2.75, 3.05) is 0 Å². The number of aromatic nitrogens is 2. The molecule has 5 nitrogen and oxygen atoms in total. The van der Waals surface area contributed by atoms with Crippen LogP contribution in [0.3, 0.4) is 0 Å². The Morgan fingerprint density at radius 1 is 1.22 bits per heavy atom. The quantitative estimate of drug-likeness (QED) is 0.867. The van der Waals surface area contributed by atoms with Crippen LogP contribution in [0, 0.1) is 6.92 Å². The summed E-state index contributed by atoms with van der Waals surface area (Å²) in [6.07, 6.45) is 7.02. The van der Waals surface area contributed by atoms with Crippen LogP contribution in [-0.4, -0.2) is 21.5 Å². The van der Waals surface area contributed by atoms with Crippen molar-refractivity contribution < 1.29 is 4.79 Å². The first kappa shape index (κ1) is 15.7. The molecule has 0 saturated heterocycles. The molecular formula is C18H23N3O2. The van der Waals surface area contributed by atoms with Gasteiger partial charge >= 0.3 is 0 Å². The van der Waals surface area contributed by atoms with Crippen LogP contribution in [0.1, 0.15) is 54.6 Å². The predicted octanol–water partition coefficient (Wildman–Crippen LogP) is 2.69. The van der Waals surface area contributed by atoms with E-state index in [4.69, 9.17) is 0 Å². The lowest BCUT2D eigenvalue weighted by molar-refractivity contribution is 0.0933. The SMILES string of the molecule is Cc1nc2cc(C(=O)NC3CCCCCC3)ccc2n(C)c1=O. The van der Waals surface area contributed by atoms with Crippen molar-refractivity contribution in [3.63, 3.8) is 0 Å². The van der Waals surface area contributed by atoms with Gasteiger partial charge in [0.1, 0.15) is 5.69 Å². The summed E-state index contributed by atoms with van der Waals surface area (Å²) in [6, 6.07) is 5.61. The van der Waals surface area contributed by atoms with E-state index >= 15 is 0 Å². The van der Waals surface area contributed by atoms with E-state index in [1.807, 2.05) is 0 Å². The van der Waals surface area contributed by atoms with E-state index in [9.17, 15) is 9.59 Å². The maximum Gasteiger partial charge on any atom is 0.272 e. The molecule has 0 aliphatic heterocycles. The maximum atomic E-state index is 12.5. The summed E-state index contributed by atoms with van der Waals surface area (Å²) < 4.78 is 1.57. The summed E-state index contributed by atoms with van der Waals surface area (Å²) >= 11 is 0. The fourth-order valence-electron chi connectivity index (χ4n) is 3.31. The molecule has 0 radical (unpaired) electrons. The molecule has 1 aliphatic rings. The number of rotatable bonds is 2. The largest absolute Gasteiger partial charge is 0.349 e. The van der Waals surface area contributed by atoms with Crippen molar-refractivity contribution >= 4 is 16.9 Å². The number of amides is 1. The summed E-state index contributed by atoms with van der Waals surface area (Å²) in [7, 11) is 1.73. The number of carbonyl (C=O) groups excluding carboxylic acids is 1. The average molecular weight is 313 g/mol. The van der Waals surface area contributed by atoms with E-state index in [-0.39, 0.29) is 17.5 Å². The molecule has 122 valence electrons. The van der Waals surface area contributed by atoms with E-state index in [1.54, 1.807) is 36.7 Å². The zero-order valence-corrected chi connectivity index (χ0v) is 13.8. The molecule has 0 spiro atoms. The van der Waals surface area contributed by atoms with Gasteiger partial charge in [-0.1, -0.05) is 25.7 Å². The van der Waals surface area contributed by atoms with Gasteiger partial charge in [0.25, 0.3) is 11.5 Å². The van der Waals surface area contributed by atoms with E-state index < -0.39 is 0 Å². The van der Waals surface area contributed by atoms with Crippen molar-refractivity contribution in [1.82, 2.24) is 14.9 Å². The molecular weight excluding hydrogens is 290 g/mol. The van der Waals surface area contributed by atoms with Crippen molar-refractivity contribution in [2.45, 2.75) is 51.5 Å². The van der Waals surface area contributed by atoms with Gasteiger partial charge in [0.2, 0.25) is 0 Å². The Hall–Kier alpha value is -2.17. The number of hydrogen-bond donors (Lipinski definition) is 1. The van der Waals surface area contributed by atoms with Gasteiger partial charge in [-0.2, -0.15) is 0 Å². The van der Waals surface area contributed by atoms with E-state index in [0.717, 1.165) is 18.4 Å². The van der Waals surface area contributed by atoms with E-state index in [1.165, 1.54) is 25.7 Å². The molecule has 23 heavy (non-hydrogen) atoms. The van der Waals surface area contributed by atoms with E-state index in [0.29, 0.717) is 16.8 Å². The summed E-state index contributed by atoms with van der Waals surface area (Å²) in [5.74, 6) is -0.0490. The van der Waals surface area contributed by atoms with Crippen molar-refractivity contribution in [1.29, 1.82) is 0 Å². The maximum absolute atomic E-state index is 12.5. The molecule has 2 aromatic rings. The Bertz CT molecular complexity index is 787. The number of benzene rings is 1. The molecule has 1 aromatic heterocycles. The molecule has 3 rings (SSSR count). The Morgan fingerprint density at radius 2 is 1.91 bits per heavy atom. The smallest absolute Gasteiger partial charge is 0.272 e. The molecule has 1 saturated carbocycles. The van der Waals surface area contributed by atoms with Gasteiger partial charge < -0.3 is 9.88 Å². The van der Waals surface area contributed by atoms with Crippen LogP contribution in [0.25, 0.3) is 11.0 Å².